The zero-order valence-corrected chi connectivity index (χ0v) is 32.0. The van der Waals surface area contributed by atoms with Crippen molar-refractivity contribution in [3.05, 3.63) is 71.6 Å². The molecule has 5 aromatic rings. The summed E-state index contributed by atoms with van der Waals surface area (Å²) in [6, 6.07) is 16.6. The Morgan fingerprint density at radius 2 is 1.63 bits per heavy atom. The molecule has 3 amide bonds. The quantitative estimate of drug-likeness (QED) is 0.171. The number of carbonyl (C=O) groups excluding carboxylic acids is 2. The van der Waals surface area contributed by atoms with E-state index >= 15 is 0 Å². The highest BCUT2D eigenvalue weighted by Gasteiger charge is 2.32. The monoisotopic (exact) mass is 750 g/mol. The lowest BCUT2D eigenvalue weighted by Gasteiger charge is -2.46. The summed E-state index contributed by atoms with van der Waals surface area (Å²) in [7, 11) is 1.89. The topological polar surface area (TPSA) is 128 Å². The number of aryl methyl sites for hydroxylation is 2. The number of piperidine rings is 1. The molecule has 3 aromatic heterocycles. The molecule has 13 nitrogen and oxygen atoms in total. The van der Waals surface area contributed by atoms with Gasteiger partial charge in [-0.25, -0.2) is 14.8 Å². The van der Waals surface area contributed by atoms with Gasteiger partial charge in [0.05, 0.1) is 17.5 Å². The van der Waals surface area contributed by atoms with Crippen LogP contribution in [-0.2, 0) is 11.8 Å². The maximum atomic E-state index is 12.3. The normalized spacial score (nSPS) is 18.9. The second-order valence-corrected chi connectivity index (χ2v) is 15.5. The Bertz CT molecular complexity index is 2140. The number of aromatic amines is 1. The second kappa shape index (κ2) is 14.9. The first kappa shape index (κ1) is 35.9. The van der Waals surface area contributed by atoms with E-state index in [4.69, 9.17) is 16.3 Å². The number of benzene rings is 2. The number of piperazine rings is 1. The van der Waals surface area contributed by atoms with E-state index in [2.05, 4.69) is 78.2 Å². The van der Waals surface area contributed by atoms with E-state index in [9.17, 15) is 9.59 Å². The van der Waals surface area contributed by atoms with Crippen molar-refractivity contribution in [1.82, 2.24) is 34.9 Å². The van der Waals surface area contributed by atoms with Crippen molar-refractivity contribution < 1.29 is 14.3 Å². The van der Waals surface area contributed by atoms with Crippen molar-refractivity contribution in [2.45, 2.75) is 46.1 Å². The van der Waals surface area contributed by atoms with Crippen LogP contribution in [0.3, 0.4) is 0 Å². The molecule has 14 heteroatoms. The third kappa shape index (κ3) is 7.34. The molecule has 0 aliphatic carbocycles. The number of hydrogen-bond donors (Lipinski definition) is 2. The first-order valence-electron chi connectivity index (χ1n) is 18.9. The summed E-state index contributed by atoms with van der Waals surface area (Å²) in [5, 5.41) is 7.25. The molecule has 0 bridgehead atoms. The number of ether oxygens (including phenoxy) is 1. The van der Waals surface area contributed by atoms with Crippen molar-refractivity contribution in [2.24, 2.45) is 18.9 Å². The maximum Gasteiger partial charge on any atom is 0.328 e. The van der Waals surface area contributed by atoms with Crippen LogP contribution in [0.15, 0.2) is 60.9 Å². The van der Waals surface area contributed by atoms with Gasteiger partial charge in [0.1, 0.15) is 22.1 Å². The number of pyridine rings is 1. The molecule has 3 saturated heterocycles. The molecule has 3 fully saturated rings. The van der Waals surface area contributed by atoms with Gasteiger partial charge in [-0.2, -0.15) is 5.10 Å². The minimum Gasteiger partial charge on any atom is -0.453 e. The zero-order valence-electron chi connectivity index (χ0n) is 31.3. The molecule has 2 N–H and O–H groups in total. The van der Waals surface area contributed by atoms with Crippen molar-refractivity contribution in [3.63, 3.8) is 0 Å². The number of urea groups is 1. The van der Waals surface area contributed by atoms with Gasteiger partial charge in [0.25, 0.3) is 0 Å². The fourth-order valence-corrected chi connectivity index (χ4v) is 8.30. The second-order valence-electron chi connectivity index (χ2n) is 15.1. The molecule has 8 rings (SSSR count). The molecule has 0 spiro atoms. The number of nitrogens with zero attached hydrogens (tertiary/aromatic N) is 8. The molecule has 0 unspecified atom stereocenters. The van der Waals surface area contributed by atoms with Crippen LogP contribution in [-0.4, -0.2) is 93.4 Å². The van der Waals surface area contributed by atoms with Crippen LogP contribution < -0.4 is 24.8 Å². The van der Waals surface area contributed by atoms with Gasteiger partial charge in [-0.15, -0.1) is 0 Å². The van der Waals surface area contributed by atoms with E-state index in [1.807, 2.05) is 44.4 Å². The van der Waals surface area contributed by atoms with E-state index in [0.717, 1.165) is 69.1 Å². The van der Waals surface area contributed by atoms with E-state index in [1.165, 1.54) is 11.4 Å². The Labute approximate surface area is 320 Å². The van der Waals surface area contributed by atoms with Gasteiger partial charge in [0, 0.05) is 88.6 Å². The number of fused-ring (bicyclic) bond motifs is 1. The zero-order chi connectivity index (χ0) is 37.5. The minimum atomic E-state index is -0.348. The first-order chi connectivity index (χ1) is 26.1. The predicted octanol–water partition coefficient (Wildman–Crippen LogP) is 6.62. The number of halogens is 1. The van der Waals surface area contributed by atoms with Crippen molar-refractivity contribution in [3.8, 4) is 22.9 Å². The van der Waals surface area contributed by atoms with E-state index in [0.29, 0.717) is 64.4 Å². The number of aromatic nitrogens is 5. The first-order valence-corrected chi connectivity index (χ1v) is 19.3. The molecule has 0 radical (unpaired) electrons. The summed E-state index contributed by atoms with van der Waals surface area (Å²) in [5.41, 5.74) is 6.13. The number of imidazole rings is 1. The number of amides is 3. The third-order valence-corrected chi connectivity index (χ3v) is 11.4. The van der Waals surface area contributed by atoms with E-state index < -0.39 is 0 Å². The van der Waals surface area contributed by atoms with Gasteiger partial charge < -0.3 is 19.5 Å². The fraction of sp³-hybridized carbons (Fsp3) is 0.425. The fourth-order valence-electron chi connectivity index (χ4n) is 8.11. The number of imide groups is 1. The summed E-state index contributed by atoms with van der Waals surface area (Å²) in [5.74, 6) is 2.82. The summed E-state index contributed by atoms with van der Waals surface area (Å²) in [6.45, 7) is 13.2. The molecule has 0 saturated carbocycles. The van der Waals surface area contributed by atoms with Crippen molar-refractivity contribution >= 4 is 51.8 Å². The van der Waals surface area contributed by atoms with Gasteiger partial charge in [-0.3, -0.25) is 24.6 Å². The molecule has 1 atom stereocenters. The van der Waals surface area contributed by atoms with Crippen LogP contribution >= 0.6 is 11.6 Å². The lowest BCUT2D eigenvalue weighted by atomic mass is 9.92. The molecule has 3 aliphatic heterocycles. The number of nitrogens with one attached hydrogen (secondary N) is 2. The summed E-state index contributed by atoms with van der Waals surface area (Å²) in [4.78, 5) is 45.6. The number of carbonyl (C=O) groups is 2. The van der Waals surface area contributed by atoms with Crippen LogP contribution in [0.4, 0.5) is 21.9 Å². The lowest BCUT2D eigenvalue weighted by Crippen LogP contribution is -2.56. The number of hydrogen-bond acceptors (Lipinski definition) is 9. The summed E-state index contributed by atoms with van der Waals surface area (Å²) in [6.07, 6.45) is 6.14. The van der Waals surface area contributed by atoms with Crippen LogP contribution in [0.5, 0.6) is 11.5 Å². The molecule has 2 aromatic carbocycles. The highest BCUT2D eigenvalue weighted by atomic mass is 35.5. The molecule has 54 heavy (non-hydrogen) atoms. The largest absolute Gasteiger partial charge is 0.453 e. The summed E-state index contributed by atoms with van der Waals surface area (Å²) >= 11 is 6.61. The summed E-state index contributed by atoms with van der Waals surface area (Å²) < 4.78 is 8.13. The molecule has 3 aliphatic rings. The average Bonchev–Trinajstić information content (AvgIpc) is 3.75. The highest BCUT2D eigenvalue weighted by molar-refractivity contribution is 6.32. The van der Waals surface area contributed by atoms with Gasteiger partial charge in [0.2, 0.25) is 5.91 Å². The molecule has 282 valence electrons. The van der Waals surface area contributed by atoms with Crippen LogP contribution in [0, 0.1) is 18.8 Å². The molecule has 6 heterocycles. The smallest absolute Gasteiger partial charge is 0.328 e. The average molecular weight is 751 g/mol. The molecular weight excluding hydrogens is 704 g/mol. The Kier molecular flexibility index (Phi) is 9.93. The van der Waals surface area contributed by atoms with Gasteiger partial charge >= 0.3 is 6.03 Å². The van der Waals surface area contributed by atoms with E-state index in [1.54, 1.807) is 15.8 Å². The Hall–Kier alpha value is -5.14. The Morgan fingerprint density at radius 3 is 2.31 bits per heavy atom. The van der Waals surface area contributed by atoms with Crippen LogP contribution in [0.2, 0.25) is 5.02 Å². The van der Waals surface area contributed by atoms with Crippen molar-refractivity contribution in [1.29, 1.82) is 0 Å². The van der Waals surface area contributed by atoms with Gasteiger partial charge in [-0.1, -0.05) is 25.4 Å². The van der Waals surface area contributed by atoms with Crippen molar-refractivity contribution in [2.75, 3.05) is 60.5 Å². The van der Waals surface area contributed by atoms with Crippen LogP contribution in [0.1, 0.15) is 38.8 Å². The van der Waals surface area contributed by atoms with E-state index in [-0.39, 0.29) is 11.9 Å². The SMILES string of the molecule is Cc1nn(C)cc1-c1nc2ncc(Cl)c(Oc3ccc(N4CCN(CC5CCN(c6ccc(N7CCC(=O)NC7=O)cc6)CC5)[C@@H](C(C)C)C4)cc3)c2[nH]1. The standard InChI is InChI=1S/C40H47ClN10O3/c1-25(2)34-24-49(19-20-50(34)22-27-13-16-48(17-14-27)28-5-7-30(8-6-28)51-18-15-35(52)43-40(51)53)29-9-11-31(12-10-29)54-37-33(41)21-42-39-36(37)44-38(45-39)32-23-47(4)46-26(32)3/h5-12,21,23,25,27,34H,13-20,22,24H2,1-4H3,(H,42,44,45)(H,43,52,53)/t34-/m1/s1. The highest BCUT2D eigenvalue weighted by Crippen LogP contribution is 2.37. The molecular formula is C40H47ClN10O3. The van der Waals surface area contributed by atoms with Gasteiger partial charge in [0.15, 0.2) is 11.4 Å². The van der Waals surface area contributed by atoms with Gasteiger partial charge in [-0.05, 0) is 80.1 Å². The third-order valence-electron chi connectivity index (χ3n) is 11.1. The minimum absolute atomic E-state index is 0.216. The lowest BCUT2D eigenvalue weighted by molar-refractivity contribution is -0.120. The Morgan fingerprint density at radius 1 is 0.926 bits per heavy atom. The maximum absolute atomic E-state index is 12.3. The van der Waals surface area contributed by atoms with Crippen LogP contribution in [0.25, 0.3) is 22.6 Å². The number of anilines is 3. The number of rotatable bonds is 9. The predicted molar refractivity (Wildman–Crippen MR) is 212 cm³/mol. The number of H-pyrrole nitrogens is 1. The Balaban J connectivity index is 0.865.